The molecule has 0 unspecified atom stereocenters. The molecule has 5 heteroatoms. The Labute approximate surface area is 74.8 Å². The van der Waals surface area contributed by atoms with Crippen LogP contribution in [0.15, 0.2) is 12.5 Å². The zero-order valence-corrected chi connectivity index (χ0v) is 7.15. The van der Waals surface area contributed by atoms with Gasteiger partial charge < -0.3 is 10.1 Å². The number of hydrogen-bond acceptors (Lipinski definition) is 3. The summed E-state index contributed by atoms with van der Waals surface area (Å²) >= 11 is 0. The maximum absolute atomic E-state index is 10.9. The average molecular weight is 182 g/mol. The lowest BCUT2D eigenvalue weighted by Gasteiger charge is -2.05. The van der Waals surface area contributed by atoms with Crippen LogP contribution in [0.4, 0.5) is 0 Å². The summed E-state index contributed by atoms with van der Waals surface area (Å²) in [7, 11) is 0. The smallest absolute Gasteiger partial charge is 0.314 e. The molecule has 1 heterocycles. The Hall–Kier alpha value is -1.65. The van der Waals surface area contributed by atoms with Gasteiger partial charge in [0, 0.05) is 18.3 Å². The highest BCUT2D eigenvalue weighted by atomic mass is 16.4. The van der Waals surface area contributed by atoms with Gasteiger partial charge in [-0.05, 0) is 6.92 Å². The predicted octanol–water partition coefficient (Wildman–Crippen LogP) is 0.242. The van der Waals surface area contributed by atoms with Gasteiger partial charge in [-0.1, -0.05) is 0 Å². The molecule has 13 heavy (non-hydrogen) atoms. The van der Waals surface area contributed by atoms with Crippen LogP contribution in [0, 0.1) is 5.92 Å². The van der Waals surface area contributed by atoms with Gasteiger partial charge in [0.25, 0.3) is 0 Å². The maximum Gasteiger partial charge on any atom is 0.314 e. The third-order valence-corrected chi connectivity index (χ3v) is 1.77. The highest BCUT2D eigenvalue weighted by molar-refractivity contribution is 5.97. The van der Waals surface area contributed by atoms with Crippen molar-refractivity contribution in [3.05, 3.63) is 18.2 Å². The van der Waals surface area contributed by atoms with Crippen molar-refractivity contribution in [1.82, 2.24) is 9.97 Å². The second kappa shape index (κ2) is 3.84. The topological polar surface area (TPSA) is 83.0 Å². The van der Waals surface area contributed by atoms with Crippen molar-refractivity contribution in [3.63, 3.8) is 0 Å². The van der Waals surface area contributed by atoms with Gasteiger partial charge in [-0.15, -0.1) is 0 Å². The van der Waals surface area contributed by atoms with Crippen LogP contribution >= 0.6 is 0 Å². The molecule has 0 amide bonds. The first-order chi connectivity index (χ1) is 6.11. The van der Waals surface area contributed by atoms with Crippen LogP contribution in [0.5, 0.6) is 0 Å². The molecule has 1 atom stereocenters. The van der Waals surface area contributed by atoms with Gasteiger partial charge in [0.2, 0.25) is 0 Å². The summed E-state index contributed by atoms with van der Waals surface area (Å²) in [6.07, 6.45) is 3.14. The summed E-state index contributed by atoms with van der Waals surface area (Å²) in [4.78, 5) is 28.0. The molecule has 0 aliphatic heterocycles. The lowest BCUT2D eigenvalue weighted by molar-refractivity contribution is -0.145. The molecular weight excluding hydrogens is 172 g/mol. The fourth-order valence-electron chi connectivity index (χ4n) is 1.02. The standard InChI is InChI=1S/C8H10N2O3/c1-5(11)7(8(12)13)2-6-3-9-4-10-6/h3-4,7H,2H2,1H3,(H,9,10)(H,12,13)/t7-/m1/s1. The van der Waals surface area contributed by atoms with Crippen molar-refractivity contribution < 1.29 is 14.7 Å². The molecule has 0 spiro atoms. The van der Waals surface area contributed by atoms with Crippen molar-refractivity contribution in [2.24, 2.45) is 5.92 Å². The minimum Gasteiger partial charge on any atom is -0.481 e. The van der Waals surface area contributed by atoms with E-state index >= 15 is 0 Å². The fraction of sp³-hybridized carbons (Fsp3) is 0.375. The van der Waals surface area contributed by atoms with Gasteiger partial charge >= 0.3 is 5.97 Å². The first kappa shape index (κ1) is 9.44. The van der Waals surface area contributed by atoms with E-state index in [0.717, 1.165) is 0 Å². The Bertz CT molecular complexity index is 291. The number of nitrogens with zero attached hydrogens (tertiary/aromatic N) is 1. The van der Waals surface area contributed by atoms with Gasteiger partial charge in [-0.2, -0.15) is 0 Å². The lowest BCUT2D eigenvalue weighted by atomic mass is 10.00. The number of aromatic nitrogens is 2. The van der Waals surface area contributed by atoms with E-state index < -0.39 is 11.9 Å². The highest BCUT2D eigenvalue weighted by Crippen LogP contribution is 2.07. The van der Waals surface area contributed by atoms with Crippen LogP contribution in [0.3, 0.4) is 0 Å². The van der Waals surface area contributed by atoms with Crippen LogP contribution in [0.1, 0.15) is 12.6 Å². The van der Waals surface area contributed by atoms with Gasteiger partial charge in [0.15, 0.2) is 0 Å². The Morgan fingerprint density at radius 1 is 1.69 bits per heavy atom. The number of rotatable bonds is 4. The number of aliphatic carboxylic acids is 1. The fourth-order valence-corrected chi connectivity index (χ4v) is 1.02. The zero-order chi connectivity index (χ0) is 9.84. The van der Waals surface area contributed by atoms with E-state index in [0.29, 0.717) is 5.69 Å². The first-order valence-electron chi connectivity index (χ1n) is 3.81. The van der Waals surface area contributed by atoms with Crippen molar-refractivity contribution in [2.45, 2.75) is 13.3 Å². The molecule has 0 saturated heterocycles. The van der Waals surface area contributed by atoms with Gasteiger partial charge in [-0.3, -0.25) is 9.59 Å². The molecule has 2 N–H and O–H groups in total. The number of ketones is 1. The van der Waals surface area contributed by atoms with E-state index in [1.165, 1.54) is 19.4 Å². The lowest BCUT2D eigenvalue weighted by Crippen LogP contribution is -2.23. The summed E-state index contributed by atoms with van der Waals surface area (Å²) in [5, 5.41) is 8.69. The number of hydrogen-bond donors (Lipinski definition) is 2. The molecular formula is C8H10N2O3. The second-order valence-electron chi connectivity index (χ2n) is 2.78. The maximum atomic E-state index is 10.9. The third kappa shape index (κ3) is 2.40. The first-order valence-corrected chi connectivity index (χ1v) is 3.81. The normalized spacial score (nSPS) is 12.4. The highest BCUT2D eigenvalue weighted by Gasteiger charge is 2.23. The number of carbonyl (C=O) groups excluding carboxylic acids is 1. The van der Waals surface area contributed by atoms with E-state index in [-0.39, 0.29) is 12.2 Å². The molecule has 0 aliphatic carbocycles. The number of aromatic amines is 1. The number of carboxylic acids is 1. The molecule has 0 aromatic carbocycles. The minimum absolute atomic E-state index is 0.171. The summed E-state index contributed by atoms with van der Waals surface area (Å²) < 4.78 is 0. The molecule has 0 bridgehead atoms. The summed E-state index contributed by atoms with van der Waals surface area (Å²) in [6.45, 7) is 1.27. The summed E-state index contributed by atoms with van der Waals surface area (Å²) in [5.41, 5.74) is 0.655. The number of H-pyrrole nitrogens is 1. The van der Waals surface area contributed by atoms with E-state index in [1.54, 1.807) is 0 Å². The van der Waals surface area contributed by atoms with Gasteiger partial charge in [-0.25, -0.2) is 4.98 Å². The number of Topliss-reactive ketones (excluding diaryl/α,β-unsaturated/α-hetero) is 1. The monoisotopic (exact) mass is 182 g/mol. The summed E-state index contributed by atoms with van der Waals surface area (Å²) in [6, 6.07) is 0. The van der Waals surface area contributed by atoms with Crippen molar-refractivity contribution in [2.75, 3.05) is 0 Å². The van der Waals surface area contributed by atoms with Crippen molar-refractivity contribution in [1.29, 1.82) is 0 Å². The summed E-state index contributed by atoms with van der Waals surface area (Å²) in [5.74, 6) is -2.41. The molecule has 1 rings (SSSR count). The SMILES string of the molecule is CC(=O)[C@@H](Cc1cnc[nH]1)C(=O)O. The average Bonchev–Trinajstić information content (AvgIpc) is 2.50. The molecule has 70 valence electrons. The number of carbonyl (C=O) groups is 2. The Morgan fingerprint density at radius 2 is 2.38 bits per heavy atom. The largest absolute Gasteiger partial charge is 0.481 e. The Balaban J connectivity index is 2.69. The van der Waals surface area contributed by atoms with Crippen molar-refractivity contribution >= 4 is 11.8 Å². The van der Waals surface area contributed by atoms with Gasteiger partial charge in [0.05, 0.1) is 6.33 Å². The quantitative estimate of drug-likeness (QED) is 0.653. The molecule has 0 radical (unpaired) electrons. The van der Waals surface area contributed by atoms with Crippen LogP contribution < -0.4 is 0 Å². The number of imidazole rings is 1. The van der Waals surface area contributed by atoms with Crippen LogP contribution in [-0.2, 0) is 16.0 Å². The minimum atomic E-state index is -1.10. The Kier molecular flexibility index (Phi) is 2.79. The molecule has 0 fully saturated rings. The van der Waals surface area contributed by atoms with Crippen molar-refractivity contribution in [3.8, 4) is 0 Å². The van der Waals surface area contributed by atoms with Crippen LogP contribution in [0.2, 0.25) is 0 Å². The van der Waals surface area contributed by atoms with Crippen LogP contribution in [-0.4, -0.2) is 26.8 Å². The molecule has 1 aromatic rings. The Morgan fingerprint density at radius 3 is 2.77 bits per heavy atom. The van der Waals surface area contributed by atoms with E-state index in [4.69, 9.17) is 5.11 Å². The van der Waals surface area contributed by atoms with E-state index in [1.807, 2.05) is 0 Å². The second-order valence-corrected chi connectivity index (χ2v) is 2.78. The van der Waals surface area contributed by atoms with E-state index in [9.17, 15) is 9.59 Å². The zero-order valence-electron chi connectivity index (χ0n) is 7.15. The number of nitrogens with one attached hydrogen (secondary N) is 1. The molecule has 0 aliphatic rings. The molecule has 1 aromatic heterocycles. The molecule has 5 nitrogen and oxygen atoms in total. The van der Waals surface area contributed by atoms with E-state index in [2.05, 4.69) is 9.97 Å². The molecule has 0 saturated carbocycles. The predicted molar refractivity (Wildman–Crippen MR) is 44.1 cm³/mol. The van der Waals surface area contributed by atoms with Crippen LogP contribution in [0.25, 0.3) is 0 Å². The van der Waals surface area contributed by atoms with Gasteiger partial charge in [0.1, 0.15) is 11.7 Å². The third-order valence-electron chi connectivity index (χ3n) is 1.77. The number of carboxylic acid groups (broad SMARTS) is 1.